The van der Waals surface area contributed by atoms with Crippen LogP contribution in [0.4, 0.5) is 11.4 Å². The van der Waals surface area contributed by atoms with Crippen LogP contribution in [0.2, 0.25) is 0 Å². The monoisotopic (exact) mass is 699 g/mol. The summed E-state index contributed by atoms with van der Waals surface area (Å²) in [5, 5.41) is 13.6. The quantitative estimate of drug-likeness (QED) is 0.139. The normalized spacial score (nSPS) is 26.3. The van der Waals surface area contributed by atoms with Crippen molar-refractivity contribution in [2.24, 2.45) is 23.7 Å². The van der Waals surface area contributed by atoms with Crippen LogP contribution in [0, 0.1) is 30.6 Å². The summed E-state index contributed by atoms with van der Waals surface area (Å²) in [6.07, 6.45) is 4.28. The second-order valence-electron chi connectivity index (χ2n) is 14.6. The highest BCUT2D eigenvalue weighted by Gasteiger charge is 2.70. The molecule has 4 amide bonds. The van der Waals surface area contributed by atoms with Crippen LogP contribution in [-0.4, -0.2) is 33.7 Å². The van der Waals surface area contributed by atoms with Crippen LogP contribution in [0.15, 0.2) is 133 Å². The van der Waals surface area contributed by atoms with E-state index < -0.39 is 35.0 Å². The Kier molecular flexibility index (Phi) is 7.48. The number of amides is 4. The Morgan fingerprint density at radius 3 is 2.19 bits per heavy atom. The fraction of sp³-hybridized carbons (Fsp3) is 0.200. The van der Waals surface area contributed by atoms with Crippen LogP contribution in [0.3, 0.4) is 0 Å². The summed E-state index contributed by atoms with van der Waals surface area (Å²) in [5.41, 5.74) is 7.08. The topological polar surface area (TPSA) is 107 Å². The van der Waals surface area contributed by atoms with Gasteiger partial charge in [-0.1, -0.05) is 115 Å². The van der Waals surface area contributed by atoms with Crippen molar-refractivity contribution in [3.8, 4) is 5.75 Å². The first-order valence-corrected chi connectivity index (χ1v) is 18.0. The van der Waals surface area contributed by atoms with Gasteiger partial charge in [0.2, 0.25) is 11.8 Å². The van der Waals surface area contributed by atoms with Crippen molar-refractivity contribution >= 4 is 51.9 Å². The van der Waals surface area contributed by atoms with Gasteiger partial charge in [0.1, 0.15) is 5.75 Å². The molecule has 5 aromatic carbocycles. The molecule has 3 fully saturated rings. The summed E-state index contributed by atoms with van der Waals surface area (Å²) in [6, 6.07) is 35.2. The van der Waals surface area contributed by atoms with E-state index >= 15 is 4.79 Å². The molecular formula is C45H37N3O5. The van der Waals surface area contributed by atoms with E-state index in [0.29, 0.717) is 28.7 Å². The number of aryl methyl sites for hydroxylation is 1. The van der Waals surface area contributed by atoms with E-state index in [4.69, 9.17) is 0 Å². The lowest BCUT2D eigenvalue weighted by Crippen LogP contribution is -2.53. The lowest BCUT2D eigenvalue weighted by molar-refractivity contribution is -0.138. The lowest BCUT2D eigenvalue weighted by Gasteiger charge is -2.51. The number of carbonyl (C=O) groups excluding carboxylic acids is 4. The predicted molar refractivity (Wildman–Crippen MR) is 203 cm³/mol. The average Bonchev–Trinajstić information content (AvgIpc) is 3.57. The molecule has 6 atom stereocenters. The summed E-state index contributed by atoms with van der Waals surface area (Å²) in [6.45, 7) is 5.79. The molecule has 0 bridgehead atoms. The number of hydrazine groups is 1. The van der Waals surface area contributed by atoms with Gasteiger partial charge in [-0.2, -0.15) is 5.01 Å². The molecule has 2 N–H and O–H groups in total. The SMILES string of the molecule is C=Cc1ccc(N2C(=O)C3CC=C4C(CC5C(=O)N(Nc6ccc(C)cc6)C(=O)C5(c5ccccc5)C4c4ccc(O)c5ccccc45)C3C2=O)cc1. The first-order chi connectivity index (χ1) is 25.7. The van der Waals surface area contributed by atoms with Gasteiger partial charge in [0.05, 0.1) is 34.5 Å². The number of phenols is 1. The lowest BCUT2D eigenvalue weighted by atomic mass is 9.49. The molecule has 0 spiro atoms. The highest BCUT2D eigenvalue weighted by atomic mass is 16.3. The van der Waals surface area contributed by atoms with Crippen molar-refractivity contribution in [1.82, 2.24) is 5.01 Å². The number of aromatic hydroxyl groups is 1. The Balaban J connectivity index is 1.26. The van der Waals surface area contributed by atoms with E-state index in [-0.39, 0.29) is 35.8 Å². The number of benzene rings is 5. The van der Waals surface area contributed by atoms with Gasteiger partial charge in [0, 0.05) is 11.3 Å². The molecule has 4 aliphatic rings. The van der Waals surface area contributed by atoms with E-state index in [0.717, 1.165) is 27.6 Å². The molecule has 5 aromatic rings. The van der Waals surface area contributed by atoms with Crippen molar-refractivity contribution in [3.05, 3.63) is 156 Å². The summed E-state index contributed by atoms with van der Waals surface area (Å²) in [5.74, 6) is -4.64. The first kappa shape index (κ1) is 32.6. The van der Waals surface area contributed by atoms with Crippen LogP contribution in [-0.2, 0) is 24.6 Å². The molecular weight excluding hydrogens is 663 g/mol. The van der Waals surface area contributed by atoms with Gasteiger partial charge in [-0.3, -0.25) is 29.5 Å². The number of allylic oxidation sites excluding steroid dienone is 2. The van der Waals surface area contributed by atoms with Crippen molar-refractivity contribution in [1.29, 1.82) is 0 Å². The number of nitrogens with one attached hydrogen (secondary N) is 1. The van der Waals surface area contributed by atoms with E-state index in [1.165, 1.54) is 9.91 Å². The number of anilines is 2. The molecule has 6 unspecified atom stereocenters. The molecule has 2 saturated heterocycles. The predicted octanol–water partition coefficient (Wildman–Crippen LogP) is 7.69. The second-order valence-corrected chi connectivity index (χ2v) is 14.6. The molecule has 262 valence electrons. The van der Waals surface area contributed by atoms with Crippen molar-refractivity contribution in [3.63, 3.8) is 0 Å². The van der Waals surface area contributed by atoms with Gasteiger partial charge in [-0.25, -0.2) is 0 Å². The van der Waals surface area contributed by atoms with E-state index in [1.54, 1.807) is 24.3 Å². The van der Waals surface area contributed by atoms with Crippen LogP contribution in [0.5, 0.6) is 5.75 Å². The minimum absolute atomic E-state index is 0.103. The van der Waals surface area contributed by atoms with Crippen LogP contribution in [0.25, 0.3) is 16.8 Å². The van der Waals surface area contributed by atoms with E-state index in [9.17, 15) is 19.5 Å². The van der Waals surface area contributed by atoms with Gasteiger partial charge in [0.25, 0.3) is 11.8 Å². The summed E-state index contributed by atoms with van der Waals surface area (Å²) < 4.78 is 0. The third kappa shape index (κ3) is 4.68. The minimum atomic E-state index is -1.41. The maximum absolute atomic E-state index is 15.5. The third-order valence-electron chi connectivity index (χ3n) is 12.0. The molecule has 0 radical (unpaired) electrons. The fourth-order valence-corrected chi connectivity index (χ4v) is 9.66. The van der Waals surface area contributed by atoms with Crippen molar-refractivity contribution in [2.45, 2.75) is 31.1 Å². The number of hydrogen-bond donors (Lipinski definition) is 2. The smallest absolute Gasteiger partial charge is 0.260 e. The summed E-state index contributed by atoms with van der Waals surface area (Å²) >= 11 is 0. The zero-order valence-electron chi connectivity index (χ0n) is 29.1. The van der Waals surface area contributed by atoms with Crippen LogP contribution >= 0.6 is 0 Å². The van der Waals surface area contributed by atoms with Gasteiger partial charge in [-0.05, 0) is 78.1 Å². The molecule has 1 saturated carbocycles. The number of fused-ring (bicyclic) bond motifs is 5. The Labute approximate surface area is 307 Å². The molecule has 0 aromatic heterocycles. The maximum atomic E-state index is 15.5. The van der Waals surface area contributed by atoms with Crippen LogP contribution in [0.1, 0.15) is 41.0 Å². The Morgan fingerprint density at radius 1 is 0.774 bits per heavy atom. The Hall–Kier alpha value is -6.28. The highest BCUT2D eigenvalue weighted by molar-refractivity contribution is 6.22. The van der Waals surface area contributed by atoms with E-state index in [1.807, 2.05) is 104 Å². The van der Waals surface area contributed by atoms with Crippen molar-refractivity contribution in [2.75, 3.05) is 10.3 Å². The zero-order valence-corrected chi connectivity index (χ0v) is 29.1. The Bertz CT molecular complexity index is 2390. The molecule has 53 heavy (non-hydrogen) atoms. The summed E-state index contributed by atoms with van der Waals surface area (Å²) in [4.78, 5) is 60.5. The summed E-state index contributed by atoms with van der Waals surface area (Å²) in [7, 11) is 0. The molecule has 2 heterocycles. The first-order valence-electron chi connectivity index (χ1n) is 18.0. The largest absolute Gasteiger partial charge is 0.507 e. The maximum Gasteiger partial charge on any atom is 0.260 e. The van der Waals surface area contributed by atoms with Gasteiger partial charge < -0.3 is 5.11 Å². The minimum Gasteiger partial charge on any atom is -0.507 e. The third-order valence-corrected chi connectivity index (χ3v) is 12.0. The number of nitrogens with zero attached hydrogens (tertiary/aromatic N) is 2. The average molecular weight is 700 g/mol. The second kappa shape index (κ2) is 12.2. The van der Waals surface area contributed by atoms with Crippen molar-refractivity contribution < 1.29 is 24.3 Å². The van der Waals surface area contributed by atoms with Gasteiger partial charge >= 0.3 is 0 Å². The number of phenolic OH excluding ortho intramolecular Hbond substituents is 1. The van der Waals surface area contributed by atoms with Gasteiger partial charge in [-0.15, -0.1) is 0 Å². The molecule has 8 nitrogen and oxygen atoms in total. The standard InChI is InChI=1S/C45H37N3O5/c1-3-27-15-19-30(20-16-27)47-41(50)35-22-21-34-36(39(35)43(47)52)25-37-42(51)48(46-29-17-13-26(2)14-18-29)44(53)45(37,28-9-5-4-6-10-28)40(34)33-23-24-38(49)32-12-8-7-11-31(32)33/h3-21,23-24,35-37,39-40,46,49H,1,22,25H2,2H3. The molecule has 2 aliphatic heterocycles. The molecule has 8 heteroatoms. The van der Waals surface area contributed by atoms with E-state index in [2.05, 4.69) is 18.1 Å². The van der Waals surface area contributed by atoms with Gasteiger partial charge in [0.15, 0.2) is 0 Å². The fourth-order valence-electron chi connectivity index (χ4n) is 9.66. The Morgan fingerprint density at radius 2 is 1.47 bits per heavy atom. The molecule has 9 rings (SSSR count). The zero-order chi connectivity index (χ0) is 36.6. The molecule has 2 aliphatic carbocycles. The van der Waals surface area contributed by atoms with Crippen LogP contribution < -0.4 is 10.3 Å². The highest BCUT2D eigenvalue weighted by Crippen LogP contribution is 2.65. The number of carbonyl (C=O) groups is 4. The number of rotatable bonds is 6. The number of hydrogen-bond acceptors (Lipinski definition) is 6. The number of imide groups is 2.